The number of carbonyl (C=O) groups excluding carboxylic acids is 1. The molecule has 1 amide bonds. The predicted molar refractivity (Wildman–Crippen MR) is 108 cm³/mol. The number of hydrogen-bond donors (Lipinski definition) is 4. The van der Waals surface area contributed by atoms with E-state index in [0.29, 0.717) is 32.1 Å². The summed E-state index contributed by atoms with van der Waals surface area (Å²) in [6.07, 6.45) is 3.02. The minimum absolute atomic E-state index is 0.0319. The monoisotopic (exact) mass is 376 g/mol. The molecule has 2 rings (SSSR count). The zero-order chi connectivity index (χ0) is 19.5. The summed E-state index contributed by atoms with van der Waals surface area (Å²) in [7, 11) is 1.74. The largest absolute Gasteiger partial charge is 0.396 e. The lowest BCUT2D eigenvalue weighted by atomic mass is 9.84. The van der Waals surface area contributed by atoms with Gasteiger partial charge in [0.1, 0.15) is 0 Å². The van der Waals surface area contributed by atoms with Crippen LogP contribution in [0.2, 0.25) is 0 Å². The number of nitrogens with one attached hydrogen (secondary N) is 3. The first kappa shape index (κ1) is 21.2. The maximum atomic E-state index is 11.7. The Labute approximate surface area is 161 Å². The fraction of sp³-hybridized carbons (Fsp3) is 0.600. The first-order valence-electron chi connectivity index (χ1n) is 9.63. The number of hydrogen-bond acceptors (Lipinski definition) is 4. The highest BCUT2D eigenvalue weighted by molar-refractivity contribution is 5.90. The molecule has 0 aliphatic carbocycles. The van der Waals surface area contributed by atoms with Crippen molar-refractivity contribution in [3.8, 4) is 0 Å². The highest BCUT2D eigenvalue weighted by Crippen LogP contribution is 2.31. The first-order chi connectivity index (χ1) is 13.1. The quantitative estimate of drug-likeness (QED) is 0.390. The van der Waals surface area contributed by atoms with Crippen LogP contribution in [-0.2, 0) is 16.1 Å². The van der Waals surface area contributed by atoms with Crippen LogP contribution in [0.15, 0.2) is 29.3 Å². The molecule has 1 fully saturated rings. The number of anilines is 1. The van der Waals surface area contributed by atoms with Gasteiger partial charge in [-0.3, -0.25) is 9.79 Å². The third kappa shape index (κ3) is 6.84. The second-order valence-electron chi connectivity index (χ2n) is 7.05. The molecule has 27 heavy (non-hydrogen) atoms. The van der Waals surface area contributed by atoms with Gasteiger partial charge in [-0.1, -0.05) is 19.1 Å². The van der Waals surface area contributed by atoms with Gasteiger partial charge >= 0.3 is 0 Å². The first-order valence-corrected chi connectivity index (χ1v) is 9.63. The minimum atomic E-state index is -0.0319. The number of aliphatic hydroxyl groups is 1. The van der Waals surface area contributed by atoms with Crippen LogP contribution < -0.4 is 16.0 Å². The smallest absolute Gasteiger partial charge is 0.224 e. The normalized spacial score (nSPS) is 19.7. The van der Waals surface area contributed by atoms with Gasteiger partial charge in [-0.05, 0) is 37.0 Å². The molecule has 0 spiro atoms. The number of amides is 1. The van der Waals surface area contributed by atoms with Gasteiger partial charge in [0, 0.05) is 50.9 Å². The number of guanidine groups is 1. The van der Waals surface area contributed by atoms with E-state index in [2.05, 4.69) is 20.9 Å². The number of ether oxygens (including phenoxy) is 1. The Morgan fingerprint density at radius 3 is 2.89 bits per heavy atom. The van der Waals surface area contributed by atoms with Crippen molar-refractivity contribution >= 4 is 17.6 Å². The Balaban J connectivity index is 1.86. The summed E-state index contributed by atoms with van der Waals surface area (Å²) in [5.74, 6) is 0.743. The molecule has 150 valence electrons. The third-order valence-electron chi connectivity index (χ3n) is 4.83. The molecule has 1 heterocycles. The second kappa shape index (κ2) is 10.9. The molecular weight excluding hydrogens is 344 g/mol. The Bertz CT molecular complexity index is 627. The van der Waals surface area contributed by atoms with Crippen LogP contribution in [0.3, 0.4) is 0 Å². The topological polar surface area (TPSA) is 95.0 Å². The van der Waals surface area contributed by atoms with E-state index < -0.39 is 0 Å². The maximum Gasteiger partial charge on any atom is 0.224 e. The van der Waals surface area contributed by atoms with Crippen molar-refractivity contribution in [2.24, 2.45) is 10.4 Å². The number of benzene rings is 1. The Morgan fingerprint density at radius 2 is 2.22 bits per heavy atom. The molecule has 0 aromatic heterocycles. The lowest BCUT2D eigenvalue weighted by molar-refractivity contribution is -0.116. The van der Waals surface area contributed by atoms with Gasteiger partial charge < -0.3 is 25.8 Å². The van der Waals surface area contributed by atoms with Crippen LogP contribution in [0, 0.1) is 5.41 Å². The molecule has 0 bridgehead atoms. The zero-order valence-electron chi connectivity index (χ0n) is 16.4. The second-order valence-corrected chi connectivity index (χ2v) is 7.05. The Morgan fingerprint density at radius 1 is 1.37 bits per heavy atom. The van der Waals surface area contributed by atoms with Crippen molar-refractivity contribution in [1.29, 1.82) is 0 Å². The summed E-state index contributed by atoms with van der Waals surface area (Å²) < 4.78 is 5.52. The minimum Gasteiger partial charge on any atom is -0.396 e. The van der Waals surface area contributed by atoms with Gasteiger partial charge in [-0.25, -0.2) is 0 Å². The summed E-state index contributed by atoms with van der Waals surface area (Å²) in [5.41, 5.74) is 1.83. The van der Waals surface area contributed by atoms with E-state index in [1.54, 1.807) is 7.05 Å². The summed E-state index contributed by atoms with van der Waals surface area (Å²) in [5, 5.41) is 18.9. The fourth-order valence-electron chi connectivity index (χ4n) is 3.20. The molecule has 7 heteroatoms. The fourth-order valence-corrected chi connectivity index (χ4v) is 3.20. The number of aliphatic hydroxyl groups excluding tert-OH is 1. The van der Waals surface area contributed by atoms with E-state index in [9.17, 15) is 9.90 Å². The number of aliphatic imine (C=N–C) groups is 1. The van der Waals surface area contributed by atoms with Gasteiger partial charge in [0.2, 0.25) is 5.91 Å². The lowest BCUT2D eigenvalue weighted by Crippen LogP contribution is -2.44. The average Bonchev–Trinajstić information content (AvgIpc) is 3.11. The summed E-state index contributed by atoms with van der Waals surface area (Å²) in [6, 6.07) is 7.80. The van der Waals surface area contributed by atoms with Crippen LogP contribution in [0.1, 0.15) is 38.2 Å². The molecular formula is C20H32N4O3. The number of nitrogens with zero attached hydrogens (tertiary/aromatic N) is 1. The number of carbonyl (C=O) groups is 1. The molecule has 4 N–H and O–H groups in total. The molecule has 1 saturated heterocycles. The molecule has 0 saturated carbocycles. The van der Waals surface area contributed by atoms with Crippen molar-refractivity contribution in [2.45, 2.75) is 39.2 Å². The van der Waals surface area contributed by atoms with Crippen LogP contribution in [0.4, 0.5) is 5.69 Å². The molecule has 1 unspecified atom stereocenters. The third-order valence-corrected chi connectivity index (χ3v) is 4.83. The molecule has 1 atom stereocenters. The molecule has 1 aromatic rings. The van der Waals surface area contributed by atoms with Crippen molar-refractivity contribution in [3.05, 3.63) is 29.8 Å². The molecule has 0 radical (unpaired) electrons. The SMILES string of the molecule is CCCC(=O)Nc1cccc(CNC(=NC)NCC2(CCO)CCOC2)c1. The van der Waals surface area contributed by atoms with Crippen LogP contribution in [0.5, 0.6) is 0 Å². The van der Waals surface area contributed by atoms with E-state index in [1.807, 2.05) is 31.2 Å². The van der Waals surface area contributed by atoms with E-state index in [4.69, 9.17) is 4.74 Å². The molecule has 1 aliphatic heterocycles. The highest BCUT2D eigenvalue weighted by atomic mass is 16.5. The Hall–Kier alpha value is -2.12. The van der Waals surface area contributed by atoms with Gasteiger partial charge in [-0.15, -0.1) is 0 Å². The molecule has 1 aromatic carbocycles. The van der Waals surface area contributed by atoms with Crippen molar-refractivity contribution < 1.29 is 14.6 Å². The van der Waals surface area contributed by atoms with Crippen LogP contribution in [-0.4, -0.2) is 50.4 Å². The van der Waals surface area contributed by atoms with Crippen LogP contribution in [0.25, 0.3) is 0 Å². The standard InChI is InChI=1S/C20H32N4O3/c1-3-5-18(26)24-17-7-4-6-16(12-17)13-22-19(21-2)23-14-20(8-10-25)9-11-27-15-20/h4,6-7,12,25H,3,5,8-11,13-15H2,1-2H3,(H,24,26)(H2,21,22,23). The van der Waals surface area contributed by atoms with E-state index in [0.717, 1.165) is 37.1 Å². The van der Waals surface area contributed by atoms with Crippen LogP contribution >= 0.6 is 0 Å². The average molecular weight is 377 g/mol. The van der Waals surface area contributed by atoms with Gasteiger partial charge in [0.25, 0.3) is 0 Å². The summed E-state index contributed by atoms with van der Waals surface area (Å²) in [4.78, 5) is 16.0. The maximum absolute atomic E-state index is 11.7. The Kier molecular flexibility index (Phi) is 8.54. The summed E-state index contributed by atoms with van der Waals surface area (Å²) >= 11 is 0. The van der Waals surface area contributed by atoms with E-state index >= 15 is 0 Å². The van der Waals surface area contributed by atoms with Gasteiger partial charge in [0.15, 0.2) is 5.96 Å². The van der Waals surface area contributed by atoms with Crippen molar-refractivity contribution in [2.75, 3.05) is 38.7 Å². The van der Waals surface area contributed by atoms with E-state index in [-0.39, 0.29) is 17.9 Å². The zero-order valence-corrected chi connectivity index (χ0v) is 16.4. The van der Waals surface area contributed by atoms with Gasteiger partial charge in [0.05, 0.1) is 6.61 Å². The molecule has 7 nitrogen and oxygen atoms in total. The van der Waals surface area contributed by atoms with E-state index in [1.165, 1.54) is 0 Å². The lowest BCUT2D eigenvalue weighted by Gasteiger charge is -2.27. The van der Waals surface area contributed by atoms with Crippen molar-refractivity contribution in [3.63, 3.8) is 0 Å². The number of rotatable bonds is 9. The summed E-state index contributed by atoms with van der Waals surface area (Å²) in [6.45, 7) is 4.86. The van der Waals surface area contributed by atoms with Gasteiger partial charge in [-0.2, -0.15) is 0 Å². The highest BCUT2D eigenvalue weighted by Gasteiger charge is 2.34. The molecule has 1 aliphatic rings. The predicted octanol–water partition coefficient (Wildman–Crippen LogP) is 1.88. The van der Waals surface area contributed by atoms with Crippen molar-refractivity contribution in [1.82, 2.24) is 10.6 Å².